The van der Waals surface area contributed by atoms with E-state index < -0.39 is 11.9 Å². The van der Waals surface area contributed by atoms with Crippen LogP contribution in [0.4, 0.5) is 0 Å². The molecule has 1 aliphatic heterocycles. The number of piperazine rings is 1. The summed E-state index contributed by atoms with van der Waals surface area (Å²) in [6.07, 6.45) is 5.01. The Morgan fingerprint density at radius 1 is 1.44 bits per heavy atom. The van der Waals surface area contributed by atoms with Crippen LogP contribution in [0.5, 0.6) is 0 Å². The van der Waals surface area contributed by atoms with Crippen LogP contribution in [0.15, 0.2) is 0 Å². The smallest absolute Gasteiger partial charge is 0.298 e. The van der Waals surface area contributed by atoms with Crippen LogP contribution < -0.4 is 5.32 Å². The van der Waals surface area contributed by atoms with Gasteiger partial charge in [0.05, 0.1) is 0 Å². The first-order valence-electron chi connectivity index (χ1n) is 5.31. The van der Waals surface area contributed by atoms with E-state index in [4.69, 9.17) is 6.42 Å². The molecule has 1 N–H and O–H groups in total. The van der Waals surface area contributed by atoms with Crippen LogP contribution in [0.3, 0.4) is 0 Å². The van der Waals surface area contributed by atoms with Crippen LogP contribution in [0, 0.1) is 12.3 Å². The summed E-state index contributed by atoms with van der Waals surface area (Å²) in [5.74, 6) is 1.50. The molecule has 2 amide bonds. The molecule has 0 aromatic heterocycles. The van der Waals surface area contributed by atoms with Gasteiger partial charge in [0.25, 0.3) is 5.91 Å². The molecule has 1 rings (SSSR count). The lowest BCUT2D eigenvalue weighted by molar-refractivity contribution is -0.141. The van der Waals surface area contributed by atoms with Crippen molar-refractivity contribution < 1.29 is 9.59 Å². The molecule has 0 spiro atoms. The number of nitrogens with zero attached hydrogens (tertiary/aromatic N) is 2. The van der Waals surface area contributed by atoms with Gasteiger partial charge in [-0.1, -0.05) is 0 Å². The lowest BCUT2D eigenvalue weighted by Crippen LogP contribution is -2.53. The van der Waals surface area contributed by atoms with Crippen molar-refractivity contribution in [3.05, 3.63) is 0 Å². The van der Waals surface area contributed by atoms with Gasteiger partial charge in [-0.3, -0.25) is 9.59 Å². The number of carbonyl (C=O) groups is 2. The SMILES string of the molecule is C#CC(=O)N(C)C(C)C(=O)N1CCNCC1. The molecule has 5 heteroatoms. The van der Waals surface area contributed by atoms with E-state index in [0.29, 0.717) is 13.1 Å². The maximum atomic E-state index is 12.0. The molecule has 0 radical (unpaired) electrons. The van der Waals surface area contributed by atoms with E-state index in [1.165, 1.54) is 4.90 Å². The van der Waals surface area contributed by atoms with Crippen molar-refractivity contribution in [2.45, 2.75) is 13.0 Å². The Hall–Kier alpha value is -1.54. The fraction of sp³-hybridized carbons (Fsp3) is 0.636. The predicted octanol–water partition coefficient (Wildman–Crippen LogP) is -1.10. The Morgan fingerprint density at radius 2 is 2.00 bits per heavy atom. The number of amides is 2. The zero-order valence-corrected chi connectivity index (χ0v) is 9.69. The van der Waals surface area contributed by atoms with Crippen molar-refractivity contribution >= 4 is 11.8 Å². The van der Waals surface area contributed by atoms with Gasteiger partial charge in [-0.2, -0.15) is 0 Å². The van der Waals surface area contributed by atoms with Gasteiger partial charge in [-0.15, -0.1) is 6.42 Å². The van der Waals surface area contributed by atoms with E-state index in [0.717, 1.165) is 13.1 Å². The average Bonchev–Trinajstić information content (AvgIpc) is 2.36. The maximum Gasteiger partial charge on any atom is 0.298 e. The molecule has 0 aromatic rings. The van der Waals surface area contributed by atoms with Crippen molar-refractivity contribution in [2.75, 3.05) is 33.2 Å². The Balaban J connectivity index is 2.59. The van der Waals surface area contributed by atoms with E-state index in [9.17, 15) is 9.59 Å². The fourth-order valence-corrected chi connectivity index (χ4v) is 1.59. The Bertz CT molecular complexity index is 316. The summed E-state index contributed by atoms with van der Waals surface area (Å²) >= 11 is 0. The van der Waals surface area contributed by atoms with Gasteiger partial charge in [-0.25, -0.2) is 0 Å². The molecule has 1 unspecified atom stereocenters. The van der Waals surface area contributed by atoms with Crippen molar-refractivity contribution in [1.29, 1.82) is 0 Å². The fourth-order valence-electron chi connectivity index (χ4n) is 1.59. The zero-order chi connectivity index (χ0) is 12.1. The Labute approximate surface area is 95.8 Å². The first-order valence-corrected chi connectivity index (χ1v) is 5.31. The van der Waals surface area contributed by atoms with E-state index in [1.54, 1.807) is 18.9 Å². The van der Waals surface area contributed by atoms with Crippen LogP contribution in [0.25, 0.3) is 0 Å². The molecule has 0 saturated carbocycles. The number of hydrogen-bond acceptors (Lipinski definition) is 3. The number of rotatable bonds is 2. The summed E-state index contributed by atoms with van der Waals surface area (Å²) in [5, 5.41) is 3.16. The van der Waals surface area contributed by atoms with Crippen LogP contribution in [0.1, 0.15) is 6.92 Å². The molecular formula is C11H17N3O2. The van der Waals surface area contributed by atoms with Crippen LogP contribution in [-0.4, -0.2) is 60.9 Å². The molecule has 88 valence electrons. The summed E-state index contributed by atoms with van der Waals surface area (Å²) < 4.78 is 0. The number of carbonyl (C=O) groups excluding carboxylic acids is 2. The van der Waals surface area contributed by atoms with E-state index in [-0.39, 0.29) is 5.91 Å². The van der Waals surface area contributed by atoms with Gasteiger partial charge < -0.3 is 15.1 Å². The maximum absolute atomic E-state index is 12.0. The highest BCUT2D eigenvalue weighted by Crippen LogP contribution is 2.03. The van der Waals surface area contributed by atoms with Crippen molar-refractivity contribution in [3.8, 4) is 12.3 Å². The second-order valence-corrected chi connectivity index (χ2v) is 3.81. The number of hydrogen-bond donors (Lipinski definition) is 1. The van der Waals surface area contributed by atoms with E-state index in [1.807, 2.05) is 5.92 Å². The van der Waals surface area contributed by atoms with Crippen molar-refractivity contribution in [1.82, 2.24) is 15.1 Å². The van der Waals surface area contributed by atoms with Gasteiger partial charge in [-0.05, 0) is 12.8 Å². The topological polar surface area (TPSA) is 52.7 Å². The average molecular weight is 223 g/mol. The van der Waals surface area contributed by atoms with Crippen molar-refractivity contribution in [3.63, 3.8) is 0 Å². The monoisotopic (exact) mass is 223 g/mol. The highest BCUT2D eigenvalue weighted by atomic mass is 16.2. The minimum atomic E-state index is -0.498. The van der Waals surface area contributed by atoms with Crippen LogP contribution in [0.2, 0.25) is 0 Å². The Morgan fingerprint density at radius 3 is 2.50 bits per heavy atom. The molecule has 1 atom stereocenters. The normalized spacial score (nSPS) is 17.4. The number of nitrogens with one attached hydrogen (secondary N) is 1. The lowest BCUT2D eigenvalue weighted by atomic mass is 10.2. The van der Waals surface area contributed by atoms with Gasteiger partial charge in [0, 0.05) is 33.2 Å². The third-order valence-electron chi connectivity index (χ3n) is 2.81. The van der Waals surface area contributed by atoms with Crippen molar-refractivity contribution in [2.24, 2.45) is 0 Å². The highest BCUT2D eigenvalue weighted by molar-refractivity contribution is 5.96. The number of likely N-dealkylation sites (N-methyl/N-ethyl adjacent to an activating group) is 1. The molecule has 1 saturated heterocycles. The molecule has 0 aliphatic carbocycles. The second-order valence-electron chi connectivity index (χ2n) is 3.81. The minimum absolute atomic E-state index is 0.0485. The number of terminal acetylenes is 1. The summed E-state index contributed by atoms with van der Waals surface area (Å²) in [6, 6.07) is -0.498. The largest absolute Gasteiger partial charge is 0.338 e. The molecular weight excluding hydrogens is 206 g/mol. The summed E-state index contributed by atoms with van der Waals surface area (Å²) in [6.45, 7) is 4.65. The molecule has 1 fully saturated rings. The Kier molecular flexibility index (Phi) is 4.32. The van der Waals surface area contributed by atoms with Gasteiger partial charge in [0.15, 0.2) is 0 Å². The van der Waals surface area contributed by atoms with E-state index in [2.05, 4.69) is 5.32 Å². The van der Waals surface area contributed by atoms with Gasteiger partial charge >= 0.3 is 0 Å². The molecule has 1 aliphatic rings. The lowest BCUT2D eigenvalue weighted by Gasteiger charge is -2.32. The summed E-state index contributed by atoms with van der Waals surface area (Å²) in [4.78, 5) is 26.3. The molecule has 16 heavy (non-hydrogen) atoms. The highest BCUT2D eigenvalue weighted by Gasteiger charge is 2.26. The first-order chi connectivity index (χ1) is 7.57. The summed E-state index contributed by atoms with van der Waals surface area (Å²) in [5.41, 5.74) is 0. The van der Waals surface area contributed by atoms with Gasteiger partial charge in [0.1, 0.15) is 6.04 Å². The molecule has 0 bridgehead atoms. The molecule has 0 aromatic carbocycles. The van der Waals surface area contributed by atoms with E-state index >= 15 is 0 Å². The predicted molar refractivity (Wildman–Crippen MR) is 60.5 cm³/mol. The second kappa shape index (κ2) is 5.52. The van der Waals surface area contributed by atoms with Crippen LogP contribution >= 0.6 is 0 Å². The summed E-state index contributed by atoms with van der Waals surface area (Å²) in [7, 11) is 1.55. The van der Waals surface area contributed by atoms with Crippen LogP contribution in [-0.2, 0) is 9.59 Å². The minimum Gasteiger partial charge on any atom is -0.338 e. The third-order valence-corrected chi connectivity index (χ3v) is 2.81. The molecule has 1 heterocycles. The van der Waals surface area contributed by atoms with Gasteiger partial charge in [0.2, 0.25) is 5.91 Å². The first kappa shape index (κ1) is 12.5. The standard InChI is InChI=1S/C11H17N3O2/c1-4-10(15)13(3)9(2)11(16)14-7-5-12-6-8-14/h1,9,12H,5-8H2,2-3H3. The zero-order valence-electron chi connectivity index (χ0n) is 9.69. The third kappa shape index (κ3) is 2.74. The molecule has 5 nitrogen and oxygen atoms in total. The quantitative estimate of drug-likeness (QED) is 0.605.